The van der Waals surface area contributed by atoms with Crippen LogP contribution < -0.4 is 10.2 Å². The fraction of sp³-hybridized carbons (Fsp3) is 0.462. The van der Waals surface area contributed by atoms with Gasteiger partial charge in [0.15, 0.2) is 0 Å². The van der Waals surface area contributed by atoms with Crippen LogP contribution in [0.4, 0.5) is 11.4 Å². The summed E-state index contributed by atoms with van der Waals surface area (Å²) < 4.78 is 5.45. The average molecular weight is 229 g/mol. The Bertz CT molecular complexity index is 460. The van der Waals surface area contributed by atoms with Crippen molar-refractivity contribution in [1.29, 1.82) is 5.26 Å². The SMILES string of the molecule is N#Cc1ccc2c(c1)N(C1CCOC1)CCN2. The summed E-state index contributed by atoms with van der Waals surface area (Å²) in [4.78, 5) is 2.37. The minimum absolute atomic E-state index is 0.463. The molecule has 88 valence electrons. The first-order chi connectivity index (χ1) is 8.38. The number of nitrogens with zero attached hydrogens (tertiary/aromatic N) is 2. The molecule has 0 bridgehead atoms. The minimum atomic E-state index is 0.463. The Labute approximate surface area is 101 Å². The second-order valence-corrected chi connectivity index (χ2v) is 4.48. The van der Waals surface area contributed by atoms with E-state index < -0.39 is 0 Å². The molecule has 1 fully saturated rings. The van der Waals surface area contributed by atoms with Crippen LogP contribution in [-0.4, -0.2) is 32.3 Å². The Hall–Kier alpha value is -1.73. The molecule has 1 unspecified atom stereocenters. The van der Waals surface area contributed by atoms with E-state index in [1.807, 2.05) is 18.2 Å². The molecule has 1 N–H and O–H groups in total. The van der Waals surface area contributed by atoms with Crippen LogP contribution >= 0.6 is 0 Å². The smallest absolute Gasteiger partial charge is 0.0992 e. The summed E-state index contributed by atoms with van der Waals surface area (Å²) >= 11 is 0. The average Bonchev–Trinajstić information content (AvgIpc) is 2.91. The Balaban J connectivity index is 1.97. The fourth-order valence-corrected chi connectivity index (χ4v) is 2.57. The summed E-state index contributed by atoms with van der Waals surface area (Å²) in [5, 5.41) is 12.4. The standard InChI is InChI=1S/C13H15N3O/c14-8-10-1-2-12-13(7-10)16(5-4-15-12)11-3-6-17-9-11/h1-2,7,11,15H,3-6,9H2. The number of nitrogens with one attached hydrogen (secondary N) is 1. The van der Waals surface area contributed by atoms with Crippen LogP contribution in [0.2, 0.25) is 0 Å². The first-order valence-corrected chi connectivity index (χ1v) is 6.01. The second kappa shape index (κ2) is 4.27. The predicted molar refractivity (Wildman–Crippen MR) is 66.2 cm³/mol. The third-order valence-corrected chi connectivity index (χ3v) is 3.45. The van der Waals surface area contributed by atoms with E-state index in [1.165, 1.54) is 0 Å². The summed E-state index contributed by atoms with van der Waals surface area (Å²) in [5.41, 5.74) is 2.99. The van der Waals surface area contributed by atoms with Gasteiger partial charge in [-0.1, -0.05) is 0 Å². The number of anilines is 2. The molecule has 4 heteroatoms. The monoisotopic (exact) mass is 229 g/mol. The predicted octanol–water partition coefficient (Wildman–Crippen LogP) is 1.58. The molecule has 1 aromatic carbocycles. The van der Waals surface area contributed by atoms with Gasteiger partial charge in [0, 0.05) is 19.7 Å². The summed E-state index contributed by atoms with van der Waals surface area (Å²) in [6, 6.07) is 8.49. The van der Waals surface area contributed by atoms with Gasteiger partial charge in [-0.15, -0.1) is 0 Å². The number of fused-ring (bicyclic) bond motifs is 1. The number of hydrogen-bond donors (Lipinski definition) is 1. The molecule has 17 heavy (non-hydrogen) atoms. The number of nitriles is 1. The highest BCUT2D eigenvalue weighted by Crippen LogP contribution is 2.32. The lowest BCUT2D eigenvalue weighted by atomic mass is 10.1. The zero-order valence-corrected chi connectivity index (χ0v) is 9.65. The van der Waals surface area contributed by atoms with Gasteiger partial charge >= 0.3 is 0 Å². The van der Waals surface area contributed by atoms with E-state index in [-0.39, 0.29) is 0 Å². The van der Waals surface area contributed by atoms with Crippen LogP contribution in [0.5, 0.6) is 0 Å². The maximum atomic E-state index is 8.98. The van der Waals surface area contributed by atoms with Gasteiger partial charge < -0.3 is 15.0 Å². The van der Waals surface area contributed by atoms with Crippen LogP contribution in [0.3, 0.4) is 0 Å². The molecule has 2 aliphatic heterocycles. The summed E-state index contributed by atoms with van der Waals surface area (Å²) in [5.74, 6) is 0. The maximum absolute atomic E-state index is 8.98. The molecule has 0 spiro atoms. The molecule has 0 aromatic heterocycles. The van der Waals surface area contributed by atoms with Gasteiger partial charge in [-0.3, -0.25) is 0 Å². The van der Waals surface area contributed by atoms with Gasteiger partial charge in [-0.25, -0.2) is 0 Å². The highest BCUT2D eigenvalue weighted by Gasteiger charge is 2.27. The van der Waals surface area contributed by atoms with E-state index in [0.717, 1.165) is 49.7 Å². The minimum Gasteiger partial charge on any atom is -0.382 e. The quantitative estimate of drug-likeness (QED) is 0.794. The van der Waals surface area contributed by atoms with Crippen molar-refractivity contribution < 1.29 is 4.74 Å². The molecule has 0 saturated carbocycles. The molecule has 0 amide bonds. The summed E-state index contributed by atoms with van der Waals surface area (Å²) in [7, 11) is 0. The van der Waals surface area contributed by atoms with E-state index in [1.54, 1.807) is 0 Å². The van der Waals surface area contributed by atoms with Crippen molar-refractivity contribution in [3.05, 3.63) is 23.8 Å². The third kappa shape index (κ3) is 1.83. The van der Waals surface area contributed by atoms with E-state index >= 15 is 0 Å². The van der Waals surface area contributed by atoms with Gasteiger partial charge in [0.1, 0.15) is 0 Å². The lowest BCUT2D eigenvalue weighted by Gasteiger charge is -2.36. The first-order valence-electron chi connectivity index (χ1n) is 6.01. The zero-order valence-electron chi connectivity index (χ0n) is 9.65. The molecule has 0 aliphatic carbocycles. The van der Waals surface area contributed by atoms with Gasteiger partial charge in [0.25, 0.3) is 0 Å². The molecular formula is C13H15N3O. The highest BCUT2D eigenvalue weighted by molar-refractivity contribution is 5.74. The largest absolute Gasteiger partial charge is 0.382 e. The Kier molecular flexibility index (Phi) is 2.62. The van der Waals surface area contributed by atoms with Crippen molar-refractivity contribution in [3.63, 3.8) is 0 Å². The molecule has 1 atom stereocenters. The number of rotatable bonds is 1. The lowest BCUT2D eigenvalue weighted by molar-refractivity contribution is 0.193. The molecule has 0 radical (unpaired) electrons. The summed E-state index contributed by atoms with van der Waals surface area (Å²) in [6.07, 6.45) is 1.08. The van der Waals surface area contributed by atoms with E-state index in [0.29, 0.717) is 6.04 Å². The van der Waals surface area contributed by atoms with E-state index in [2.05, 4.69) is 16.3 Å². The number of ether oxygens (including phenoxy) is 1. The van der Waals surface area contributed by atoms with Gasteiger partial charge in [-0.05, 0) is 24.6 Å². The van der Waals surface area contributed by atoms with Crippen molar-refractivity contribution >= 4 is 11.4 Å². The first kappa shape index (κ1) is 10.4. The maximum Gasteiger partial charge on any atom is 0.0992 e. The van der Waals surface area contributed by atoms with Crippen LogP contribution in [0.15, 0.2) is 18.2 Å². The molecule has 1 aromatic rings. The Morgan fingerprint density at radius 3 is 3.18 bits per heavy atom. The molecule has 3 rings (SSSR count). The van der Waals surface area contributed by atoms with E-state index in [9.17, 15) is 0 Å². The third-order valence-electron chi connectivity index (χ3n) is 3.45. The van der Waals surface area contributed by atoms with Crippen LogP contribution in [0.1, 0.15) is 12.0 Å². The zero-order chi connectivity index (χ0) is 11.7. The topological polar surface area (TPSA) is 48.3 Å². The van der Waals surface area contributed by atoms with Crippen molar-refractivity contribution in [2.24, 2.45) is 0 Å². The number of benzene rings is 1. The summed E-state index contributed by atoms with van der Waals surface area (Å²) in [6.45, 7) is 3.59. The highest BCUT2D eigenvalue weighted by atomic mass is 16.5. The lowest BCUT2D eigenvalue weighted by Crippen LogP contribution is -2.42. The van der Waals surface area contributed by atoms with Gasteiger partial charge in [-0.2, -0.15) is 5.26 Å². The van der Waals surface area contributed by atoms with E-state index in [4.69, 9.17) is 10.00 Å². The second-order valence-electron chi connectivity index (χ2n) is 4.48. The van der Waals surface area contributed by atoms with Crippen molar-refractivity contribution in [2.75, 3.05) is 36.5 Å². The van der Waals surface area contributed by atoms with Crippen molar-refractivity contribution in [3.8, 4) is 6.07 Å². The van der Waals surface area contributed by atoms with Crippen molar-refractivity contribution in [2.45, 2.75) is 12.5 Å². The Morgan fingerprint density at radius 2 is 2.41 bits per heavy atom. The number of hydrogen-bond acceptors (Lipinski definition) is 4. The molecule has 4 nitrogen and oxygen atoms in total. The Morgan fingerprint density at radius 1 is 1.47 bits per heavy atom. The molecular weight excluding hydrogens is 214 g/mol. The van der Waals surface area contributed by atoms with Crippen LogP contribution in [-0.2, 0) is 4.74 Å². The van der Waals surface area contributed by atoms with Crippen LogP contribution in [0.25, 0.3) is 0 Å². The van der Waals surface area contributed by atoms with Gasteiger partial charge in [0.2, 0.25) is 0 Å². The normalized spacial score (nSPS) is 22.8. The van der Waals surface area contributed by atoms with Crippen molar-refractivity contribution in [1.82, 2.24) is 0 Å². The van der Waals surface area contributed by atoms with Crippen LogP contribution in [0, 0.1) is 11.3 Å². The molecule has 2 aliphatic rings. The fourth-order valence-electron chi connectivity index (χ4n) is 2.57. The molecule has 1 saturated heterocycles. The molecule has 2 heterocycles. The van der Waals surface area contributed by atoms with Gasteiger partial charge in [0.05, 0.1) is 35.7 Å².